The van der Waals surface area contributed by atoms with E-state index in [1.165, 1.54) is 0 Å². The first-order valence-corrected chi connectivity index (χ1v) is 6.57. The molecule has 1 aromatic rings. The van der Waals surface area contributed by atoms with Crippen molar-refractivity contribution in [1.82, 2.24) is 10.2 Å². The largest absolute Gasteiger partial charge is 0.508 e. The minimum atomic E-state index is -0.218. The van der Waals surface area contributed by atoms with Crippen LogP contribution in [0, 0.1) is 0 Å². The SMILES string of the molecule is O=C1COC2(CCNC2)CN1Cc1cccc(O)c1. The zero-order valence-electron chi connectivity index (χ0n) is 10.8. The summed E-state index contributed by atoms with van der Waals surface area (Å²) in [6.45, 7) is 3.04. The Kier molecular flexibility index (Phi) is 3.16. The van der Waals surface area contributed by atoms with Crippen LogP contribution in [-0.2, 0) is 16.1 Å². The van der Waals surface area contributed by atoms with Gasteiger partial charge in [-0.3, -0.25) is 4.79 Å². The fourth-order valence-electron chi connectivity index (χ4n) is 2.79. The number of benzene rings is 1. The van der Waals surface area contributed by atoms with Gasteiger partial charge >= 0.3 is 0 Å². The summed E-state index contributed by atoms with van der Waals surface area (Å²) >= 11 is 0. The number of phenols is 1. The molecule has 2 fully saturated rings. The van der Waals surface area contributed by atoms with E-state index in [-0.39, 0.29) is 23.9 Å². The lowest BCUT2D eigenvalue weighted by Gasteiger charge is -2.39. The number of phenolic OH excluding ortho intramolecular Hbond substituents is 1. The van der Waals surface area contributed by atoms with E-state index >= 15 is 0 Å². The maximum atomic E-state index is 11.9. The van der Waals surface area contributed by atoms with Crippen LogP contribution in [0.15, 0.2) is 24.3 Å². The van der Waals surface area contributed by atoms with Gasteiger partial charge in [0.2, 0.25) is 5.91 Å². The first kappa shape index (κ1) is 12.4. The zero-order valence-corrected chi connectivity index (χ0v) is 10.8. The highest BCUT2D eigenvalue weighted by atomic mass is 16.5. The molecule has 2 aliphatic heterocycles. The normalized spacial score (nSPS) is 27.2. The molecule has 5 heteroatoms. The van der Waals surface area contributed by atoms with Crippen molar-refractivity contribution in [2.24, 2.45) is 0 Å². The van der Waals surface area contributed by atoms with Crippen molar-refractivity contribution < 1.29 is 14.6 Å². The maximum Gasteiger partial charge on any atom is 0.249 e. The molecule has 5 nitrogen and oxygen atoms in total. The van der Waals surface area contributed by atoms with Gasteiger partial charge in [-0.05, 0) is 30.7 Å². The van der Waals surface area contributed by atoms with Crippen molar-refractivity contribution in [2.45, 2.75) is 18.6 Å². The summed E-state index contributed by atoms with van der Waals surface area (Å²) in [5.41, 5.74) is 0.724. The Morgan fingerprint density at radius 2 is 2.37 bits per heavy atom. The topological polar surface area (TPSA) is 61.8 Å². The second-order valence-corrected chi connectivity index (χ2v) is 5.32. The predicted octanol–water partition coefficient (Wildman–Crippen LogP) is 0.483. The van der Waals surface area contributed by atoms with Gasteiger partial charge in [-0.15, -0.1) is 0 Å². The van der Waals surface area contributed by atoms with Crippen LogP contribution in [0.4, 0.5) is 0 Å². The Balaban J connectivity index is 1.73. The third-order valence-corrected chi connectivity index (χ3v) is 3.82. The average Bonchev–Trinajstić information content (AvgIpc) is 2.83. The molecule has 2 aliphatic rings. The van der Waals surface area contributed by atoms with Crippen molar-refractivity contribution in [3.63, 3.8) is 0 Å². The lowest BCUT2D eigenvalue weighted by Crippen LogP contribution is -2.55. The van der Waals surface area contributed by atoms with E-state index in [1.54, 1.807) is 18.2 Å². The quantitative estimate of drug-likeness (QED) is 0.814. The third kappa shape index (κ3) is 2.57. The van der Waals surface area contributed by atoms with Crippen molar-refractivity contribution in [3.8, 4) is 5.75 Å². The van der Waals surface area contributed by atoms with Gasteiger partial charge in [0.1, 0.15) is 12.4 Å². The predicted molar refractivity (Wildman–Crippen MR) is 69.7 cm³/mol. The van der Waals surface area contributed by atoms with Gasteiger partial charge in [-0.1, -0.05) is 12.1 Å². The van der Waals surface area contributed by atoms with Crippen molar-refractivity contribution in [3.05, 3.63) is 29.8 Å². The molecule has 2 saturated heterocycles. The molecule has 2 heterocycles. The van der Waals surface area contributed by atoms with Gasteiger partial charge in [0.25, 0.3) is 0 Å². The molecule has 0 aromatic heterocycles. The summed E-state index contributed by atoms with van der Waals surface area (Å²) in [6.07, 6.45) is 0.941. The van der Waals surface area contributed by atoms with Crippen LogP contribution in [0.2, 0.25) is 0 Å². The van der Waals surface area contributed by atoms with Gasteiger partial charge in [-0.2, -0.15) is 0 Å². The van der Waals surface area contributed by atoms with E-state index in [0.29, 0.717) is 13.1 Å². The fraction of sp³-hybridized carbons (Fsp3) is 0.500. The number of ether oxygens (including phenoxy) is 1. The number of carbonyl (C=O) groups is 1. The molecule has 3 rings (SSSR count). The molecule has 0 saturated carbocycles. The maximum absolute atomic E-state index is 11.9. The monoisotopic (exact) mass is 262 g/mol. The molecular formula is C14H18N2O3. The standard InChI is InChI=1S/C14H18N2O3/c17-12-3-1-2-11(6-12)7-16-10-14(4-5-15-9-14)19-8-13(16)18/h1-3,6,15,17H,4-5,7-10H2. The van der Waals surface area contributed by atoms with Crippen LogP contribution in [0.5, 0.6) is 5.75 Å². The van der Waals surface area contributed by atoms with Gasteiger partial charge in [0, 0.05) is 13.1 Å². The third-order valence-electron chi connectivity index (χ3n) is 3.82. The molecule has 102 valence electrons. The van der Waals surface area contributed by atoms with Crippen molar-refractivity contribution in [2.75, 3.05) is 26.2 Å². The second-order valence-electron chi connectivity index (χ2n) is 5.32. The lowest BCUT2D eigenvalue weighted by molar-refractivity contribution is -0.161. The van der Waals surface area contributed by atoms with Crippen molar-refractivity contribution >= 4 is 5.91 Å². The van der Waals surface area contributed by atoms with E-state index in [2.05, 4.69) is 5.32 Å². The summed E-state index contributed by atoms with van der Waals surface area (Å²) in [6, 6.07) is 7.04. The minimum Gasteiger partial charge on any atom is -0.508 e. The van der Waals surface area contributed by atoms with Gasteiger partial charge in [-0.25, -0.2) is 0 Å². The Morgan fingerprint density at radius 3 is 3.11 bits per heavy atom. The number of hydrogen-bond donors (Lipinski definition) is 2. The number of hydrogen-bond acceptors (Lipinski definition) is 4. The van der Waals surface area contributed by atoms with E-state index < -0.39 is 0 Å². The van der Waals surface area contributed by atoms with Crippen LogP contribution in [0.1, 0.15) is 12.0 Å². The Labute approximate surface area is 112 Å². The second kappa shape index (κ2) is 4.83. The Bertz CT molecular complexity index is 483. The van der Waals surface area contributed by atoms with Crippen molar-refractivity contribution in [1.29, 1.82) is 0 Å². The molecule has 0 bridgehead atoms. The smallest absolute Gasteiger partial charge is 0.249 e. The van der Waals surface area contributed by atoms with Crippen LogP contribution < -0.4 is 5.32 Å². The van der Waals surface area contributed by atoms with E-state index in [9.17, 15) is 9.90 Å². The van der Waals surface area contributed by atoms with E-state index in [4.69, 9.17) is 4.74 Å². The highest BCUT2D eigenvalue weighted by Gasteiger charge is 2.41. The Morgan fingerprint density at radius 1 is 1.47 bits per heavy atom. The van der Waals surface area contributed by atoms with E-state index in [0.717, 1.165) is 25.1 Å². The molecule has 1 atom stereocenters. The number of amides is 1. The van der Waals surface area contributed by atoms with Gasteiger partial charge < -0.3 is 20.1 Å². The van der Waals surface area contributed by atoms with Gasteiger partial charge in [0.15, 0.2) is 0 Å². The minimum absolute atomic E-state index is 0.0147. The van der Waals surface area contributed by atoms with Crippen LogP contribution >= 0.6 is 0 Å². The summed E-state index contributed by atoms with van der Waals surface area (Å²) < 4.78 is 5.73. The zero-order chi connectivity index (χ0) is 13.3. The molecule has 0 aliphatic carbocycles. The molecular weight excluding hydrogens is 244 g/mol. The molecule has 2 N–H and O–H groups in total. The number of nitrogens with one attached hydrogen (secondary N) is 1. The number of carbonyl (C=O) groups excluding carboxylic acids is 1. The lowest BCUT2D eigenvalue weighted by atomic mass is 10.00. The number of rotatable bonds is 2. The molecule has 0 radical (unpaired) electrons. The number of aromatic hydroxyl groups is 1. The molecule has 1 aromatic carbocycles. The highest BCUT2D eigenvalue weighted by Crippen LogP contribution is 2.26. The van der Waals surface area contributed by atoms with E-state index in [1.807, 2.05) is 11.0 Å². The summed E-state index contributed by atoms with van der Waals surface area (Å²) in [4.78, 5) is 13.8. The van der Waals surface area contributed by atoms with Crippen LogP contribution in [0.3, 0.4) is 0 Å². The number of nitrogens with zero attached hydrogens (tertiary/aromatic N) is 1. The Hall–Kier alpha value is -1.59. The van der Waals surface area contributed by atoms with Gasteiger partial charge in [0.05, 0.1) is 12.1 Å². The highest BCUT2D eigenvalue weighted by molar-refractivity contribution is 5.78. The molecule has 1 spiro atoms. The van der Waals surface area contributed by atoms with Crippen LogP contribution in [0.25, 0.3) is 0 Å². The molecule has 1 unspecified atom stereocenters. The first-order chi connectivity index (χ1) is 9.17. The number of morpholine rings is 1. The fourth-order valence-corrected chi connectivity index (χ4v) is 2.79. The summed E-state index contributed by atoms with van der Waals surface area (Å²) in [7, 11) is 0. The average molecular weight is 262 g/mol. The molecule has 1 amide bonds. The summed E-state index contributed by atoms with van der Waals surface area (Å²) in [5.74, 6) is 0.247. The summed E-state index contributed by atoms with van der Waals surface area (Å²) in [5, 5.41) is 12.8. The van der Waals surface area contributed by atoms with Crippen LogP contribution in [-0.4, -0.2) is 47.8 Å². The molecule has 19 heavy (non-hydrogen) atoms. The first-order valence-electron chi connectivity index (χ1n) is 6.57.